The van der Waals surface area contributed by atoms with E-state index in [2.05, 4.69) is 47.6 Å². The number of hydrogen-bond acceptors (Lipinski definition) is 4. The molecule has 6 heteroatoms. The minimum absolute atomic E-state index is 0.211. The largest absolute Gasteiger partial charge is 0.435 e. The van der Waals surface area contributed by atoms with Gasteiger partial charge in [-0.1, -0.05) is 83.9 Å². The van der Waals surface area contributed by atoms with Crippen molar-refractivity contribution >= 4 is 22.1 Å². The summed E-state index contributed by atoms with van der Waals surface area (Å²) in [4.78, 5) is 12.1. The maximum Gasteiger partial charge on any atom is 0.310 e. The van der Waals surface area contributed by atoms with Crippen LogP contribution in [-0.2, 0) is 19.0 Å². The summed E-state index contributed by atoms with van der Waals surface area (Å²) in [6.45, 7) is 14.3. The third-order valence-corrected chi connectivity index (χ3v) is 22.3. The van der Waals surface area contributed by atoms with E-state index in [0.29, 0.717) is 18.0 Å². The van der Waals surface area contributed by atoms with Gasteiger partial charge in [-0.2, -0.15) is 0 Å². The molecule has 0 aliphatic rings. The summed E-state index contributed by atoms with van der Waals surface area (Å²) in [5, 5.41) is 0.670. The van der Waals surface area contributed by atoms with Crippen LogP contribution in [0.5, 0.6) is 0 Å². The molecule has 0 amide bonds. The van der Waals surface area contributed by atoms with Crippen LogP contribution < -0.4 is 0 Å². The zero-order chi connectivity index (χ0) is 20.9. The second kappa shape index (κ2) is 13.7. The average molecular weight is 417 g/mol. The van der Waals surface area contributed by atoms with Gasteiger partial charge in [0.1, 0.15) is 0 Å². The highest BCUT2D eigenvalue weighted by molar-refractivity contribution is 7.00. The first-order valence-corrected chi connectivity index (χ1v) is 16.2. The minimum Gasteiger partial charge on any atom is -0.435 e. The fourth-order valence-corrected chi connectivity index (χ4v) is 20.2. The quantitative estimate of drug-likeness (QED) is 0.135. The Morgan fingerprint density at radius 2 is 1.22 bits per heavy atom. The lowest BCUT2D eigenvalue weighted by Gasteiger charge is -2.46. The Bertz CT molecular complexity index is 391. The van der Waals surface area contributed by atoms with E-state index in [4.69, 9.17) is 14.2 Å². The molecular formula is C21H44O4Si2. The average Bonchev–Trinajstić information content (AvgIpc) is 2.71. The summed E-state index contributed by atoms with van der Waals surface area (Å²) >= 11 is 0. The Morgan fingerprint density at radius 3 is 1.56 bits per heavy atom. The predicted octanol–water partition coefficient (Wildman–Crippen LogP) is 6.37. The van der Waals surface area contributed by atoms with Crippen LogP contribution in [0, 0.1) is 0 Å². The predicted molar refractivity (Wildman–Crippen MR) is 120 cm³/mol. The molecule has 4 nitrogen and oxygen atoms in total. The highest BCUT2D eigenvalue weighted by Gasteiger charge is 2.46. The van der Waals surface area contributed by atoms with Crippen molar-refractivity contribution in [2.75, 3.05) is 14.2 Å². The van der Waals surface area contributed by atoms with Crippen LogP contribution in [0.15, 0.2) is 12.3 Å². The molecule has 0 aromatic carbocycles. The fourth-order valence-electron chi connectivity index (χ4n) is 4.70. The first-order chi connectivity index (χ1) is 12.9. The van der Waals surface area contributed by atoms with Gasteiger partial charge >= 0.3 is 5.97 Å². The Labute approximate surface area is 170 Å². The Hall–Kier alpha value is -0.436. The van der Waals surface area contributed by atoms with Gasteiger partial charge in [-0.15, -0.1) is 0 Å². The van der Waals surface area contributed by atoms with Crippen molar-refractivity contribution in [3.8, 4) is 0 Å². The van der Waals surface area contributed by atoms with Crippen LogP contribution in [-0.4, -0.2) is 42.6 Å². The molecule has 0 spiro atoms. The number of carbonyl (C=O) groups excluding carboxylic acids is 1. The molecule has 0 fully saturated rings. The Balaban J connectivity index is 5.37. The van der Waals surface area contributed by atoms with Crippen LogP contribution in [0.3, 0.4) is 0 Å². The third kappa shape index (κ3) is 7.15. The Morgan fingerprint density at radius 1 is 0.815 bits per heavy atom. The van der Waals surface area contributed by atoms with Crippen molar-refractivity contribution in [2.24, 2.45) is 0 Å². The zero-order valence-electron chi connectivity index (χ0n) is 19.1. The molecule has 27 heavy (non-hydrogen) atoms. The molecule has 0 bridgehead atoms. The monoisotopic (exact) mass is 416 g/mol. The first kappa shape index (κ1) is 26.6. The van der Waals surface area contributed by atoms with Crippen LogP contribution in [0.1, 0.15) is 54.4 Å². The zero-order valence-corrected chi connectivity index (χ0v) is 21.1. The molecular weight excluding hydrogens is 372 g/mol. The topological polar surface area (TPSA) is 44.8 Å². The summed E-state index contributed by atoms with van der Waals surface area (Å²) in [6.07, 6.45) is 4.48. The summed E-state index contributed by atoms with van der Waals surface area (Å²) in [5.74, 6) is -0.211. The molecule has 0 rings (SSSR count). The van der Waals surface area contributed by atoms with E-state index in [1.807, 2.05) is 0 Å². The summed E-state index contributed by atoms with van der Waals surface area (Å²) in [6, 6.07) is 7.84. The molecule has 0 unspecified atom stereocenters. The van der Waals surface area contributed by atoms with E-state index in [0.717, 1.165) is 0 Å². The molecule has 0 aromatic heterocycles. The Kier molecular flexibility index (Phi) is 13.5. The van der Waals surface area contributed by atoms with Gasteiger partial charge in [0.15, 0.2) is 6.29 Å². The molecule has 0 radical (unpaired) electrons. The molecule has 0 atom stereocenters. The highest BCUT2D eigenvalue weighted by atomic mass is 28.4. The van der Waals surface area contributed by atoms with Crippen molar-refractivity contribution in [1.29, 1.82) is 0 Å². The van der Waals surface area contributed by atoms with Crippen LogP contribution in [0.25, 0.3) is 0 Å². The summed E-state index contributed by atoms with van der Waals surface area (Å²) in [5.41, 5.74) is 0. The maximum absolute atomic E-state index is 12.1. The lowest BCUT2D eigenvalue weighted by atomic mass is 10.3. The first-order valence-electron chi connectivity index (χ1n) is 10.8. The van der Waals surface area contributed by atoms with Gasteiger partial charge in [0.25, 0.3) is 0 Å². The van der Waals surface area contributed by atoms with E-state index in [9.17, 15) is 4.79 Å². The SMILES string of the molecule is CC[Si](CC)(CC)C(/C=C/OC(=O)CCC(OC)OC)[Si](CC)(CC)CC. The van der Waals surface area contributed by atoms with Gasteiger partial charge in [0, 0.05) is 20.6 Å². The number of ether oxygens (including phenoxy) is 3. The van der Waals surface area contributed by atoms with Gasteiger partial charge < -0.3 is 14.2 Å². The van der Waals surface area contributed by atoms with E-state index < -0.39 is 16.1 Å². The third-order valence-electron chi connectivity index (χ3n) is 7.12. The van der Waals surface area contributed by atoms with E-state index in [-0.39, 0.29) is 12.3 Å². The summed E-state index contributed by atoms with van der Waals surface area (Å²) < 4.78 is 15.7. The van der Waals surface area contributed by atoms with Crippen molar-refractivity contribution in [2.45, 2.75) is 102 Å². The van der Waals surface area contributed by atoms with Gasteiger partial charge in [-0.3, -0.25) is 4.79 Å². The minimum atomic E-state index is -1.42. The lowest BCUT2D eigenvalue weighted by Crippen LogP contribution is -2.51. The molecule has 0 saturated carbocycles. The standard InChI is InChI=1S/C21H44O4Si2/c1-9-26(10-2,11-3)21(27(12-4,13-5)14-6)17-18-25-19(22)15-16-20(23-7)24-8/h17-18,20-21H,9-16H2,1-8H3/b18-17+. The van der Waals surface area contributed by atoms with Gasteiger partial charge in [-0.05, 0) is 5.16 Å². The molecule has 160 valence electrons. The van der Waals surface area contributed by atoms with Crippen LogP contribution in [0.2, 0.25) is 41.4 Å². The lowest BCUT2D eigenvalue weighted by molar-refractivity contribution is -0.143. The second-order valence-electron chi connectivity index (χ2n) is 7.58. The number of hydrogen-bond donors (Lipinski definition) is 0. The molecule has 0 aliphatic carbocycles. The number of carbonyl (C=O) groups is 1. The molecule has 0 N–H and O–H groups in total. The number of methoxy groups -OCH3 is 2. The molecule has 0 heterocycles. The maximum atomic E-state index is 12.1. The summed E-state index contributed by atoms with van der Waals surface area (Å²) in [7, 11) is 0.321. The van der Waals surface area contributed by atoms with Crippen molar-refractivity contribution in [1.82, 2.24) is 0 Å². The normalized spacial score (nSPS) is 13.1. The number of rotatable bonds is 15. The van der Waals surface area contributed by atoms with Crippen molar-refractivity contribution in [3.05, 3.63) is 12.3 Å². The van der Waals surface area contributed by atoms with Gasteiger partial charge in [0.2, 0.25) is 0 Å². The van der Waals surface area contributed by atoms with Gasteiger partial charge in [0.05, 0.1) is 28.8 Å². The van der Waals surface area contributed by atoms with E-state index in [1.54, 1.807) is 20.5 Å². The van der Waals surface area contributed by atoms with Crippen molar-refractivity contribution in [3.63, 3.8) is 0 Å². The second-order valence-corrected chi connectivity index (χ2v) is 19.1. The van der Waals surface area contributed by atoms with Gasteiger partial charge in [-0.25, -0.2) is 0 Å². The van der Waals surface area contributed by atoms with E-state index >= 15 is 0 Å². The van der Waals surface area contributed by atoms with Crippen molar-refractivity contribution < 1.29 is 19.0 Å². The number of allylic oxidation sites excluding steroid dienone is 1. The molecule has 0 saturated heterocycles. The smallest absolute Gasteiger partial charge is 0.310 e. The van der Waals surface area contributed by atoms with Crippen LogP contribution >= 0.6 is 0 Å². The fraction of sp³-hybridized carbons (Fsp3) is 0.857. The van der Waals surface area contributed by atoms with Crippen LogP contribution in [0.4, 0.5) is 0 Å². The highest BCUT2D eigenvalue weighted by Crippen LogP contribution is 2.46. The molecule has 0 aliphatic heterocycles. The van der Waals surface area contributed by atoms with E-state index in [1.165, 1.54) is 36.3 Å². The molecule has 0 aromatic rings. The number of esters is 1.